The molecule has 1 amide bonds. The minimum atomic E-state index is -0.0527. The van der Waals surface area contributed by atoms with Crippen LogP contribution >= 0.6 is 0 Å². The Morgan fingerprint density at radius 3 is 2.79 bits per heavy atom. The van der Waals surface area contributed by atoms with Crippen LogP contribution in [0.15, 0.2) is 36.8 Å². The number of pyridine rings is 2. The smallest absolute Gasteiger partial charge is 0.255 e. The molecule has 0 aliphatic heterocycles. The summed E-state index contributed by atoms with van der Waals surface area (Å²) in [4.78, 5) is 23.2. The van der Waals surface area contributed by atoms with Gasteiger partial charge in [-0.3, -0.25) is 9.78 Å². The molecule has 3 rings (SSSR count). The van der Waals surface area contributed by atoms with E-state index in [1.165, 1.54) is 0 Å². The molecule has 0 spiro atoms. The van der Waals surface area contributed by atoms with Crippen LogP contribution in [0.2, 0.25) is 0 Å². The third-order valence-electron chi connectivity index (χ3n) is 3.97. The lowest BCUT2D eigenvalue weighted by atomic mass is 10.1. The maximum absolute atomic E-state index is 12.8. The third-order valence-corrected chi connectivity index (χ3v) is 3.97. The van der Waals surface area contributed by atoms with Gasteiger partial charge in [-0.1, -0.05) is 6.07 Å². The fraction of sp³-hybridized carbons (Fsp3) is 0.333. The number of hydrogen-bond donors (Lipinski definition) is 0. The Morgan fingerprint density at radius 1 is 1.33 bits per heavy atom. The molecule has 124 valence electrons. The van der Waals surface area contributed by atoms with Crippen molar-refractivity contribution in [3.63, 3.8) is 0 Å². The summed E-state index contributed by atoms with van der Waals surface area (Å²) < 4.78 is 1.87. The SMILES string of the molecule is Cc1nc2c(cnn2C(C)C)cc1C(=O)N(C)Cc1cccnc1. The highest BCUT2D eigenvalue weighted by Crippen LogP contribution is 2.20. The second kappa shape index (κ2) is 6.39. The zero-order valence-corrected chi connectivity index (χ0v) is 14.4. The molecule has 3 aromatic heterocycles. The maximum Gasteiger partial charge on any atom is 0.255 e. The number of rotatable bonds is 4. The Kier molecular flexibility index (Phi) is 4.29. The molecule has 0 radical (unpaired) electrons. The van der Waals surface area contributed by atoms with Gasteiger partial charge < -0.3 is 4.90 Å². The minimum Gasteiger partial charge on any atom is -0.337 e. The quantitative estimate of drug-likeness (QED) is 0.740. The van der Waals surface area contributed by atoms with Crippen molar-refractivity contribution in [2.45, 2.75) is 33.4 Å². The van der Waals surface area contributed by atoms with E-state index < -0.39 is 0 Å². The van der Waals surface area contributed by atoms with Crippen molar-refractivity contribution in [3.8, 4) is 0 Å². The first kappa shape index (κ1) is 16.1. The Balaban J connectivity index is 1.91. The summed E-state index contributed by atoms with van der Waals surface area (Å²) in [7, 11) is 1.79. The molecule has 0 saturated carbocycles. The Hall–Kier alpha value is -2.76. The van der Waals surface area contributed by atoms with Crippen LogP contribution in [0, 0.1) is 6.92 Å². The lowest BCUT2D eigenvalue weighted by Crippen LogP contribution is -2.27. The van der Waals surface area contributed by atoms with Gasteiger partial charge in [0.15, 0.2) is 5.65 Å². The highest BCUT2D eigenvalue weighted by molar-refractivity contribution is 5.98. The van der Waals surface area contributed by atoms with E-state index >= 15 is 0 Å². The van der Waals surface area contributed by atoms with Crippen LogP contribution < -0.4 is 0 Å². The molecule has 0 bridgehead atoms. The Labute approximate surface area is 141 Å². The molecular formula is C18H21N5O. The molecule has 6 heteroatoms. The first-order valence-corrected chi connectivity index (χ1v) is 7.96. The number of nitrogens with zero attached hydrogens (tertiary/aromatic N) is 5. The summed E-state index contributed by atoms with van der Waals surface area (Å²) in [6.07, 6.45) is 5.25. The van der Waals surface area contributed by atoms with E-state index in [1.807, 2.05) is 29.8 Å². The van der Waals surface area contributed by atoms with Gasteiger partial charge in [0.2, 0.25) is 0 Å². The molecule has 6 nitrogen and oxygen atoms in total. The van der Waals surface area contributed by atoms with E-state index in [0.717, 1.165) is 16.6 Å². The second-order valence-corrected chi connectivity index (χ2v) is 6.24. The molecule has 3 heterocycles. The lowest BCUT2D eigenvalue weighted by molar-refractivity contribution is 0.0784. The summed E-state index contributed by atoms with van der Waals surface area (Å²) in [6, 6.07) is 5.93. The zero-order valence-electron chi connectivity index (χ0n) is 14.4. The summed E-state index contributed by atoms with van der Waals surface area (Å²) in [6.45, 7) is 6.49. The number of fused-ring (bicyclic) bond motifs is 1. The standard InChI is InChI=1S/C18H21N5O/c1-12(2)23-17-15(10-20-23)8-16(13(3)21-17)18(24)22(4)11-14-6-5-7-19-9-14/h5-10,12H,11H2,1-4H3. The highest BCUT2D eigenvalue weighted by atomic mass is 16.2. The molecule has 3 aromatic rings. The van der Waals surface area contributed by atoms with Gasteiger partial charge in [-0.25, -0.2) is 9.67 Å². The van der Waals surface area contributed by atoms with Gasteiger partial charge in [0.05, 0.1) is 17.5 Å². The van der Waals surface area contributed by atoms with Crippen LogP contribution in [0.3, 0.4) is 0 Å². The predicted molar refractivity (Wildman–Crippen MR) is 92.7 cm³/mol. The number of aromatic nitrogens is 4. The predicted octanol–water partition coefficient (Wildman–Crippen LogP) is 2.99. The fourth-order valence-corrected chi connectivity index (χ4v) is 2.70. The van der Waals surface area contributed by atoms with E-state index in [9.17, 15) is 4.79 Å². The number of hydrogen-bond acceptors (Lipinski definition) is 4. The highest BCUT2D eigenvalue weighted by Gasteiger charge is 2.18. The van der Waals surface area contributed by atoms with Gasteiger partial charge in [-0.05, 0) is 38.5 Å². The second-order valence-electron chi connectivity index (χ2n) is 6.24. The van der Waals surface area contributed by atoms with Gasteiger partial charge in [0, 0.05) is 37.4 Å². The molecule has 0 atom stereocenters. The summed E-state index contributed by atoms with van der Waals surface area (Å²) in [5.74, 6) is -0.0527. The van der Waals surface area contributed by atoms with Crippen molar-refractivity contribution in [1.29, 1.82) is 0 Å². The van der Waals surface area contributed by atoms with E-state index in [0.29, 0.717) is 17.8 Å². The van der Waals surface area contributed by atoms with Gasteiger partial charge in [-0.2, -0.15) is 5.10 Å². The lowest BCUT2D eigenvalue weighted by Gasteiger charge is -2.18. The zero-order chi connectivity index (χ0) is 17.3. The molecular weight excluding hydrogens is 302 g/mol. The first-order chi connectivity index (χ1) is 11.5. The van der Waals surface area contributed by atoms with E-state index in [1.54, 1.807) is 30.5 Å². The van der Waals surface area contributed by atoms with Gasteiger partial charge in [0.25, 0.3) is 5.91 Å². The first-order valence-electron chi connectivity index (χ1n) is 7.96. The minimum absolute atomic E-state index is 0.0527. The van der Waals surface area contributed by atoms with Crippen LogP contribution in [0.5, 0.6) is 0 Å². The summed E-state index contributed by atoms with van der Waals surface area (Å²) in [5, 5.41) is 5.25. The van der Waals surface area contributed by atoms with Gasteiger partial charge in [-0.15, -0.1) is 0 Å². The fourth-order valence-electron chi connectivity index (χ4n) is 2.70. The Morgan fingerprint density at radius 2 is 2.12 bits per heavy atom. The van der Waals surface area contributed by atoms with Crippen LogP contribution in [-0.4, -0.2) is 37.6 Å². The number of carbonyl (C=O) groups is 1. The van der Waals surface area contributed by atoms with Crippen molar-refractivity contribution >= 4 is 16.9 Å². The molecule has 0 unspecified atom stereocenters. The van der Waals surface area contributed by atoms with E-state index in [4.69, 9.17) is 0 Å². The molecule has 0 aliphatic rings. The van der Waals surface area contributed by atoms with Gasteiger partial charge in [0.1, 0.15) is 0 Å². The maximum atomic E-state index is 12.8. The van der Waals surface area contributed by atoms with Crippen molar-refractivity contribution in [3.05, 3.63) is 53.6 Å². The average molecular weight is 323 g/mol. The Bertz CT molecular complexity index is 870. The molecule has 0 fully saturated rings. The molecule has 0 aliphatic carbocycles. The third kappa shape index (κ3) is 2.99. The average Bonchev–Trinajstić information content (AvgIpc) is 2.97. The largest absolute Gasteiger partial charge is 0.337 e. The molecule has 0 aromatic carbocycles. The van der Waals surface area contributed by atoms with Crippen molar-refractivity contribution in [1.82, 2.24) is 24.6 Å². The topological polar surface area (TPSA) is 63.9 Å². The summed E-state index contributed by atoms with van der Waals surface area (Å²) in [5.41, 5.74) is 3.13. The number of aryl methyl sites for hydroxylation is 1. The van der Waals surface area contributed by atoms with Crippen LogP contribution in [0.25, 0.3) is 11.0 Å². The van der Waals surface area contributed by atoms with Crippen LogP contribution in [0.1, 0.15) is 41.5 Å². The molecule has 0 saturated heterocycles. The van der Waals surface area contributed by atoms with Crippen molar-refractivity contribution in [2.24, 2.45) is 0 Å². The van der Waals surface area contributed by atoms with Crippen molar-refractivity contribution < 1.29 is 4.79 Å². The normalized spacial score (nSPS) is 11.2. The van der Waals surface area contributed by atoms with E-state index in [-0.39, 0.29) is 11.9 Å². The summed E-state index contributed by atoms with van der Waals surface area (Å²) >= 11 is 0. The monoisotopic (exact) mass is 323 g/mol. The van der Waals surface area contributed by atoms with Crippen LogP contribution in [0.4, 0.5) is 0 Å². The molecule has 24 heavy (non-hydrogen) atoms. The van der Waals surface area contributed by atoms with Gasteiger partial charge >= 0.3 is 0 Å². The number of carbonyl (C=O) groups excluding carboxylic acids is 1. The molecule has 0 N–H and O–H groups in total. The van der Waals surface area contributed by atoms with Crippen LogP contribution in [-0.2, 0) is 6.54 Å². The van der Waals surface area contributed by atoms with Crippen molar-refractivity contribution in [2.75, 3.05) is 7.05 Å². The van der Waals surface area contributed by atoms with E-state index in [2.05, 4.69) is 28.9 Å². The number of amides is 1.